The first-order valence-electron chi connectivity index (χ1n) is 8.18. The monoisotopic (exact) mass is 371 g/mol. The van der Waals surface area contributed by atoms with Crippen LogP contribution in [-0.4, -0.2) is 14.8 Å². The van der Waals surface area contributed by atoms with Gasteiger partial charge in [0.15, 0.2) is 0 Å². The summed E-state index contributed by atoms with van der Waals surface area (Å²) in [6.07, 6.45) is -1.13. The summed E-state index contributed by atoms with van der Waals surface area (Å²) < 4.78 is 40.4. The summed E-state index contributed by atoms with van der Waals surface area (Å²) in [7, 11) is 0. The first kappa shape index (κ1) is 18.5. The van der Waals surface area contributed by atoms with Gasteiger partial charge in [-0.2, -0.15) is 23.5 Å². The van der Waals surface area contributed by atoms with Crippen LogP contribution in [0.15, 0.2) is 54.9 Å². The molecule has 0 radical (unpaired) electrons. The second-order valence-electron chi connectivity index (χ2n) is 6.03. The van der Waals surface area contributed by atoms with Crippen molar-refractivity contribution in [2.45, 2.75) is 25.7 Å². The zero-order valence-electron chi connectivity index (χ0n) is 14.4. The lowest BCUT2D eigenvalue weighted by Gasteiger charge is -2.15. The Bertz CT molecular complexity index is 957. The SMILES string of the molecule is CC(Nc1nc(C(F)(F)F)ccc1C#N)c1cnn(Cc2ccccc2)c1. The second-order valence-corrected chi connectivity index (χ2v) is 6.03. The van der Waals surface area contributed by atoms with Crippen LogP contribution in [0.5, 0.6) is 0 Å². The zero-order chi connectivity index (χ0) is 19.4. The average molecular weight is 371 g/mol. The molecular weight excluding hydrogens is 355 g/mol. The van der Waals surface area contributed by atoms with E-state index >= 15 is 0 Å². The van der Waals surface area contributed by atoms with Crippen molar-refractivity contribution in [3.05, 3.63) is 77.2 Å². The van der Waals surface area contributed by atoms with E-state index in [1.54, 1.807) is 17.8 Å². The van der Waals surface area contributed by atoms with E-state index in [0.717, 1.165) is 23.3 Å². The second kappa shape index (κ2) is 7.50. The largest absolute Gasteiger partial charge is 0.433 e. The number of nitrogens with one attached hydrogen (secondary N) is 1. The molecule has 0 fully saturated rings. The summed E-state index contributed by atoms with van der Waals surface area (Å²) in [5.74, 6) is -0.101. The Balaban J connectivity index is 1.78. The minimum absolute atomic E-state index is 0.0477. The first-order valence-corrected chi connectivity index (χ1v) is 8.18. The third-order valence-electron chi connectivity index (χ3n) is 4.00. The molecule has 3 aromatic rings. The number of halogens is 3. The van der Waals surface area contributed by atoms with Crippen molar-refractivity contribution in [1.82, 2.24) is 14.8 Å². The maximum Gasteiger partial charge on any atom is 0.433 e. The van der Waals surface area contributed by atoms with Crippen LogP contribution in [0.4, 0.5) is 19.0 Å². The number of pyridine rings is 1. The summed E-state index contributed by atoms with van der Waals surface area (Å²) in [5, 5.41) is 16.3. The molecule has 0 bridgehead atoms. The minimum Gasteiger partial charge on any atom is -0.362 e. The van der Waals surface area contributed by atoms with Gasteiger partial charge in [0.05, 0.1) is 24.3 Å². The molecule has 8 heteroatoms. The van der Waals surface area contributed by atoms with Gasteiger partial charge in [-0.15, -0.1) is 0 Å². The van der Waals surface area contributed by atoms with Gasteiger partial charge >= 0.3 is 6.18 Å². The molecule has 1 N–H and O–H groups in total. The molecule has 1 unspecified atom stereocenters. The van der Waals surface area contributed by atoms with Gasteiger partial charge in [0.25, 0.3) is 0 Å². The van der Waals surface area contributed by atoms with E-state index in [4.69, 9.17) is 5.26 Å². The van der Waals surface area contributed by atoms with Crippen LogP contribution < -0.4 is 5.32 Å². The van der Waals surface area contributed by atoms with Gasteiger partial charge in [0.1, 0.15) is 17.6 Å². The van der Waals surface area contributed by atoms with Gasteiger partial charge in [-0.25, -0.2) is 4.98 Å². The number of nitrogens with zero attached hydrogens (tertiary/aromatic N) is 4. The fourth-order valence-electron chi connectivity index (χ4n) is 2.57. The predicted octanol–water partition coefficient (Wildman–Crippen LogP) is 4.39. The van der Waals surface area contributed by atoms with Gasteiger partial charge in [-0.3, -0.25) is 4.68 Å². The molecule has 0 aliphatic heterocycles. The maximum absolute atomic E-state index is 12.9. The molecule has 0 aliphatic rings. The summed E-state index contributed by atoms with van der Waals surface area (Å²) in [5.41, 5.74) is 0.857. The topological polar surface area (TPSA) is 66.5 Å². The highest BCUT2D eigenvalue weighted by molar-refractivity contribution is 5.53. The van der Waals surface area contributed by atoms with Crippen molar-refractivity contribution < 1.29 is 13.2 Å². The maximum atomic E-state index is 12.9. The highest BCUT2D eigenvalue weighted by Crippen LogP contribution is 2.30. The number of benzene rings is 1. The molecule has 0 saturated carbocycles. The van der Waals surface area contributed by atoms with Crippen LogP contribution in [0.2, 0.25) is 0 Å². The number of nitriles is 1. The van der Waals surface area contributed by atoms with Crippen LogP contribution in [0.1, 0.15) is 35.3 Å². The number of rotatable bonds is 5. The van der Waals surface area contributed by atoms with E-state index in [1.165, 1.54) is 0 Å². The molecule has 0 amide bonds. The molecule has 1 aromatic carbocycles. The fraction of sp³-hybridized carbons (Fsp3) is 0.211. The summed E-state index contributed by atoms with van der Waals surface area (Å²) >= 11 is 0. The van der Waals surface area contributed by atoms with E-state index in [-0.39, 0.29) is 17.4 Å². The zero-order valence-corrected chi connectivity index (χ0v) is 14.4. The van der Waals surface area contributed by atoms with E-state index in [1.807, 2.05) is 42.6 Å². The number of anilines is 1. The van der Waals surface area contributed by atoms with Crippen molar-refractivity contribution in [2.75, 3.05) is 5.32 Å². The third kappa shape index (κ3) is 4.44. The van der Waals surface area contributed by atoms with Crippen molar-refractivity contribution in [3.8, 4) is 6.07 Å². The van der Waals surface area contributed by atoms with Gasteiger partial charge in [-0.05, 0) is 24.6 Å². The van der Waals surface area contributed by atoms with Crippen LogP contribution in [0.25, 0.3) is 0 Å². The number of aromatic nitrogens is 3. The predicted molar refractivity (Wildman–Crippen MR) is 93.8 cm³/mol. The summed E-state index contributed by atoms with van der Waals surface area (Å²) in [6, 6.07) is 13.2. The van der Waals surface area contributed by atoms with Gasteiger partial charge < -0.3 is 5.32 Å². The first-order chi connectivity index (χ1) is 12.9. The standard InChI is InChI=1S/C19H16F3N5/c1-13(16-10-24-27(12-16)11-14-5-3-2-4-6-14)25-18-15(9-23)7-8-17(26-18)19(20,21)22/h2-8,10,12-13H,11H2,1H3,(H,25,26). The van der Waals surface area contributed by atoms with E-state index < -0.39 is 11.9 Å². The summed E-state index contributed by atoms with van der Waals surface area (Å²) in [6.45, 7) is 2.35. The Kier molecular flexibility index (Phi) is 5.12. The van der Waals surface area contributed by atoms with Gasteiger partial charge in [0.2, 0.25) is 0 Å². The summed E-state index contributed by atoms with van der Waals surface area (Å²) in [4.78, 5) is 3.57. The van der Waals surface area contributed by atoms with Crippen LogP contribution in [0.3, 0.4) is 0 Å². The van der Waals surface area contributed by atoms with E-state index in [2.05, 4.69) is 15.4 Å². The molecular formula is C19H16F3N5. The molecule has 3 rings (SSSR count). The van der Waals surface area contributed by atoms with Crippen molar-refractivity contribution in [1.29, 1.82) is 5.26 Å². The quantitative estimate of drug-likeness (QED) is 0.722. The van der Waals surface area contributed by atoms with Crippen LogP contribution in [-0.2, 0) is 12.7 Å². The average Bonchev–Trinajstić information content (AvgIpc) is 3.10. The molecule has 5 nitrogen and oxygen atoms in total. The molecule has 2 aromatic heterocycles. The Hall–Kier alpha value is -3.34. The number of hydrogen-bond acceptors (Lipinski definition) is 4. The lowest BCUT2D eigenvalue weighted by molar-refractivity contribution is -0.141. The van der Waals surface area contributed by atoms with Gasteiger partial charge in [0, 0.05) is 11.8 Å². The molecule has 138 valence electrons. The Morgan fingerprint density at radius 2 is 1.93 bits per heavy atom. The Morgan fingerprint density at radius 1 is 1.19 bits per heavy atom. The normalized spacial score (nSPS) is 12.4. The van der Waals surface area contributed by atoms with Crippen molar-refractivity contribution in [3.63, 3.8) is 0 Å². The number of alkyl halides is 3. The molecule has 2 heterocycles. The van der Waals surface area contributed by atoms with E-state index in [9.17, 15) is 13.2 Å². The molecule has 0 saturated heterocycles. The smallest absolute Gasteiger partial charge is 0.362 e. The molecule has 0 spiro atoms. The fourth-order valence-corrected chi connectivity index (χ4v) is 2.57. The Labute approximate surface area is 154 Å². The van der Waals surface area contributed by atoms with Crippen molar-refractivity contribution >= 4 is 5.82 Å². The minimum atomic E-state index is -4.58. The van der Waals surface area contributed by atoms with Crippen LogP contribution in [0, 0.1) is 11.3 Å². The van der Waals surface area contributed by atoms with Crippen molar-refractivity contribution in [2.24, 2.45) is 0 Å². The molecule has 27 heavy (non-hydrogen) atoms. The van der Waals surface area contributed by atoms with Crippen LogP contribution >= 0.6 is 0 Å². The third-order valence-corrected chi connectivity index (χ3v) is 4.00. The lowest BCUT2D eigenvalue weighted by Crippen LogP contribution is -2.13. The highest BCUT2D eigenvalue weighted by atomic mass is 19.4. The van der Waals surface area contributed by atoms with Gasteiger partial charge in [-0.1, -0.05) is 30.3 Å². The highest BCUT2D eigenvalue weighted by Gasteiger charge is 2.33. The lowest BCUT2D eigenvalue weighted by atomic mass is 10.1. The molecule has 0 aliphatic carbocycles. The van der Waals surface area contributed by atoms with E-state index in [0.29, 0.717) is 6.54 Å². The molecule has 1 atom stereocenters. The number of hydrogen-bond donors (Lipinski definition) is 1. The Morgan fingerprint density at radius 3 is 2.59 bits per heavy atom.